The van der Waals surface area contributed by atoms with Gasteiger partial charge in [0.05, 0.1) is 16.6 Å². The second-order valence-electron chi connectivity index (χ2n) is 13.8. The van der Waals surface area contributed by atoms with Gasteiger partial charge >= 0.3 is 6.01 Å². The van der Waals surface area contributed by atoms with Crippen LogP contribution in [0.5, 0.6) is 6.01 Å². The largest absolute Gasteiger partial charge is 0.461 e. The number of pyridine rings is 1. The Balaban J connectivity index is 1.34. The van der Waals surface area contributed by atoms with Gasteiger partial charge in [-0.2, -0.15) is 9.97 Å². The summed E-state index contributed by atoms with van der Waals surface area (Å²) in [6.45, 7) is 9.08. The Morgan fingerprint density at radius 1 is 1.04 bits per heavy atom. The third kappa shape index (κ3) is 4.66. The van der Waals surface area contributed by atoms with Gasteiger partial charge in [-0.1, -0.05) is 38.1 Å². The van der Waals surface area contributed by atoms with Crippen molar-refractivity contribution in [2.75, 3.05) is 37.7 Å². The molecule has 46 heavy (non-hydrogen) atoms. The van der Waals surface area contributed by atoms with Crippen LogP contribution in [-0.4, -0.2) is 76.4 Å². The molecule has 242 valence electrons. The van der Waals surface area contributed by atoms with Gasteiger partial charge in [0, 0.05) is 49.6 Å². The van der Waals surface area contributed by atoms with Crippen LogP contribution in [-0.2, 0) is 0 Å². The number of anilines is 1. The lowest BCUT2D eigenvalue weighted by Crippen LogP contribution is -2.56. The minimum atomic E-state index is -0.882. The second kappa shape index (κ2) is 11.3. The molecule has 0 bridgehead atoms. The molecule has 4 aromatic rings. The highest BCUT2D eigenvalue weighted by molar-refractivity contribution is 6.01. The van der Waals surface area contributed by atoms with Gasteiger partial charge in [0.25, 0.3) is 0 Å². The first-order valence-electron chi connectivity index (χ1n) is 16.9. The topological polar surface area (TPSA) is 66.4 Å². The van der Waals surface area contributed by atoms with Crippen molar-refractivity contribution >= 4 is 27.5 Å². The Morgan fingerprint density at radius 2 is 1.91 bits per heavy atom. The van der Waals surface area contributed by atoms with Crippen LogP contribution in [0.3, 0.4) is 0 Å². The predicted molar refractivity (Wildman–Crippen MR) is 174 cm³/mol. The number of fused-ring (bicyclic) bond motifs is 4. The fourth-order valence-electron chi connectivity index (χ4n) is 8.69. The molecule has 0 radical (unpaired) electrons. The van der Waals surface area contributed by atoms with Crippen molar-refractivity contribution in [1.29, 1.82) is 0 Å². The zero-order chi connectivity index (χ0) is 31.7. The summed E-state index contributed by atoms with van der Waals surface area (Å²) in [6, 6.07) is 9.27. The number of aromatic nitrogens is 3. The number of hydrogen-bond acceptors (Lipinski definition) is 7. The lowest BCUT2D eigenvalue weighted by molar-refractivity contribution is 0.107. The van der Waals surface area contributed by atoms with Gasteiger partial charge < -0.3 is 15.0 Å². The van der Waals surface area contributed by atoms with Crippen LogP contribution in [0.25, 0.3) is 32.9 Å². The molecule has 0 spiro atoms. The summed E-state index contributed by atoms with van der Waals surface area (Å²) in [7, 11) is 0. The smallest absolute Gasteiger partial charge is 0.319 e. The molecule has 0 amide bonds. The van der Waals surface area contributed by atoms with Gasteiger partial charge in [-0.25, -0.2) is 18.2 Å². The van der Waals surface area contributed by atoms with Gasteiger partial charge in [-0.05, 0) is 68.0 Å². The van der Waals surface area contributed by atoms with Crippen LogP contribution in [0.15, 0.2) is 30.3 Å². The van der Waals surface area contributed by atoms with Crippen LogP contribution in [0.4, 0.5) is 19.0 Å². The Kier molecular flexibility index (Phi) is 7.36. The summed E-state index contributed by atoms with van der Waals surface area (Å²) in [5, 5.41) is 5.79. The SMILES string of the molecule is CC[C@@H]1CN2c3nc(OC[C@@]45CCCN4C[C@H](F)C5)nc4c(F)c(-c5cccc6ccc(F)c(C)c56)nc(c34)[C@@H](CC)C[C@@H]2CN1. The van der Waals surface area contributed by atoms with Crippen LogP contribution >= 0.6 is 0 Å². The molecular weight excluding hydrogens is 589 g/mol. The van der Waals surface area contributed by atoms with Crippen molar-refractivity contribution in [1.82, 2.24) is 25.2 Å². The van der Waals surface area contributed by atoms with E-state index >= 15 is 4.39 Å². The average molecular weight is 631 g/mol. The lowest BCUT2D eigenvalue weighted by atomic mass is 9.90. The van der Waals surface area contributed by atoms with Crippen LogP contribution < -0.4 is 15.0 Å². The molecule has 7 nitrogen and oxygen atoms in total. The summed E-state index contributed by atoms with van der Waals surface area (Å²) >= 11 is 0. The van der Waals surface area contributed by atoms with E-state index in [9.17, 15) is 8.78 Å². The molecule has 4 aliphatic rings. The summed E-state index contributed by atoms with van der Waals surface area (Å²) in [4.78, 5) is 19.4. The number of benzene rings is 2. The number of nitrogens with zero attached hydrogens (tertiary/aromatic N) is 5. The fraction of sp³-hybridized carbons (Fsp3) is 0.528. The minimum absolute atomic E-state index is 0.0460. The molecule has 0 aliphatic carbocycles. The second-order valence-corrected chi connectivity index (χ2v) is 13.8. The quantitative estimate of drug-likeness (QED) is 0.250. The lowest BCUT2D eigenvalue weighted by Gasteiger charge is -2.41. The molecule has 1 N–H and O–H groups in total. The summed E-state index contributed by atoms with van der Waals surface area (Å²) in [5.41, 5.74) is 1.72. The van der Waals surface area contributed by atoms with E-state index < -0.39 is 12.0 Å². The number of piperazine rings is 1. The summed E-state index contributed by atoms with van der Waals surface area (Å²) in [6.07, 6.45) is 4.00. The standard InChI is InChI=1S/C36H41F3N6O/c1-4-21-14-25-16-40-24(5-2)18-45(25)34-29-31(21)41-32(26-9-6-8-22-10-11-27(38)20(3)28(22)26)30(39)33(29)42-35(43-34)46-19-36-12-7-13-44(36)17-23(37)15-36/h6,8-11,21,23-25,40H,4-5,7,12-19H2,1-3H3/t21-,23+,24+,25+,36-/m0/s1. The van der Waals surface area contributed by atoms with Crippen LogP contribution in [0.2, 0.25) is 0 Å². The minimum Gasteiger partial charge on any atom is -0.461 e. The van der Waals surface area contributed by atoms with E-state index in [0.717, 1.165) is 62.8 Å². The van der Waals surface area contributed by atoms with Crippen molar-refractivity contribution in [2.45, 2.75) is 89.0 Å². The highest BCUT2D eigenvalue weighted by Crippen LogP contribution is 2.45. The first kappa shape index (κ1) is 29.9. The van der Waals surface area contributed by atoms with Crippen molar-refractivity contribution < 1.29 is 17.9 Å². The van der Waals surface area contributed by atoms with Gasteiger partial charge in [0.15, 0.2) is 5.82 Å². The van der Waals surface area contributed by atoms with Gasteiger partial charge in [-0.3, -0.25) is 4.90 Å². The molecule has 4 aliphatic heterocycles. The third-order valence-corrected chi connectivity index (χ3v) is 11.2. The Morgan fingerprint density at radius 3 is 2.74 bits per heavy atom. The van der Waals surface area contributed by atoms with Crippen molar-refractivity contribution in [3.63, 3.8) is 0 Å². The van der Waals surface area contributed by atoms with E-state index in [2.05, 4.69) is 29.0 Å². The third-order valence-electron chi connectivity index (χ3n) is 11.2. The van der Waals surface area contributed by atoms with Crippen molar-refractivity contribution in [3.05, 3.63) is 53.2 Å². The molecule has 3 saturated heterocycles. The molecule has 8 rings (SSSR count). The fourth-order valence-corrected chi connectivity index (χ4v) is 8.69. The average Bonchev–Trinajstić information content (AvgIpc) is 3.55. The van der Waals surface area contributed by atoms with Crippen LogP contribution in [0.1, 0.15) is 69.5 Å². The predicted octanol–water partition coefficient (Wildman–Crippen LogP) is 6.84. The molecule has 10 heteroatoms. The molecular formula is C36H41F3N6O. The maximum atomic E-state index is 17.2. The maximum Gasteiger partial charge on any atom is 0.319 e. The van der Waals surface area contributed by atoms with Gasteiger partial charge in [0.2, 0.25) is 0 Å². The maximum absolute atomic E-state index is 17.2. The Hall–Kier alpha value is -3.50. The molecule has 0 unspecified atom stereocenters. The zero-order valence-corrected chi connectivity index (χ0v) is 26.8. The molecule has 5 atom stereocenters. The number of rotatable bonds is 6. The Bertz CT molecular complexity index is 1840. The van der Waals surface area contributed by atoms with E-state index in [0.29, 0.717) is 40.7 Å². The summed E-state index contributed by atoms with van der Waals surface area (Å²) in [5.74, 6) is -0.206. The van der Waals surface area contributed by atoms with E-state index in [4.69, 9.17) is 19.7 Å². The highest BCUT2D eigenvalue weighted by Gasteiger charge is 2.49. The Labute approximate surface area is 267 Å². The zero-order valence-electron chi connectivity index (χ0n) is 26.8. The van der Waals surface area contributed by atoms with Crippen molar-refractivity contribution in [3.8, 4) is 17.3 Å². The van der Waals surface area contributed by atoms with Crippen molar-refractivity contribution in [2.24, 2.45) is 0 Å². The monoisotopic (exact) mass is 630 g/mol. The van der Waals surface area contributed by atoms with E-state index in [1.54, 1.807) is 13.0 Å². The van der Waals surface area contributed by atoms with E-state index in [1.807, 2.05) is 18.2 Å². The molecule has 2 aromatic heterocycles. The molecule has 2 aromatic carbocycles. The number of nitrogens with one attached hydrogen (secondary N) is 1. The first-order valence-corrected chi connectivity index (χ1v) is 16.9. The number of aryl methyl sites for hydroxylation is 1. The number of halogens is 3. The first-order chi connectivity index (χ1) is 22.3. The molecule has 0 saturated carbocycles. The van der Waals surface area contributed by atoms with E-state index in [-0.39, 0.29) is 53.2 Å². The molecule has 3 fully saturated rings. The van der Waals surface area contributed by atoms with Gasteiger partial charge in [-0.15, -0.1) is 0 Å². The van der Waals surface area contributed by atoms with Gasteiger partial charge in [0.1, 0.15) is 35.6 Å². The van der Waals surface area contributed by atoms with Crippen LogP contribution in [0, 0.1) is 18.6 Å². The normalized spacial score (nSPS) is 27.7. The highest BCUT2D eigenvalue weighted by atomic mass is 19.1. The summed E-state index contributed by atoms with van der Waals surface area (Å²) < 4.78 is 53.0. The number of ether oxygens (including phenoxy) is 1. The van der Waals surface area contributed by atoms with E-state index in [1.165, 1.54) is 6.07 Å². The number of alkyl halides is 1. The number of hydrogen-bond donors (Lipinski definition) is 1. The molecule has 6 heterocycles.